The Bertz CT molecular complexity index is 2450. The van der Waals surface area contributed by atoms with Gasteiger partial charge in [0, 0.05) is 24.3 Å². The summed E-state index contributed by atoms with van der Waals surface area (Å²) < 4.78 is 51.1. The molecule has 16 nitrogen and oxygen atoms in total. The van der Waals surface area contributed by atoms with Gasteiger partial charge in [0.2, 0.25) is 27.8 Å². The summed E-state index contributed by atoms with van der Waals surface area (Å²) >= 11 is 3.34. The predicted molar refractivity (Wildman–Crippen MR) is 207 cm³/mol. The highest BCUT2D eigenvalue weighted by Crippen LogP contribution is 2.36. The summed E-state index contributed by atoms with van der Waals surface area (Å²) in [5.74, 6) is -3.65. The van der Waals surface area contributed by atoms with Gasteiger partial charge in [-0.1, -0.05) is 12.1 Å². The first-order valence-electron chi connectivity index (χ1n) is 18.0. The minimum atomic E-state index is -3.96. The van der Waals surface area contributed by atoms with Crippen molar-refractivity contribution in [3.05, 3.63) is 93.3 Å². The number of amides is 5. The van der Waals surface area contributed by atoms with Gasteiger partial charge in [0.05, 0.1) is 37.8 Å². The second-order valence-corrected chi connectivity index (χ2v) is 16.4. The highest BCUT2D eigenvalue weighted by Gasteiger charge is 2.46. The number of nitrogens with two attached hydrogens (primary N) is 1. The summed E-state index contributed by atoms with van der Waals surface area (Å²) in [6.45, 7) is 1.66. The molecule has 296 valence electrons. The number of sulfonamides is 1. The number of anilines is 4. The number of aryl methyl sites for hydroxylation is 1. The Morgan fingerprint density at radius 3 is 2.54 bits per heavy atom. The maximum Gasteiger partial charge on any atom is 0.266 e. The van der Waals surface area contributed by atoms with E-state index in [1.807, 2.05) is 0 Å². The smallest absolute Gasteiger partial charge is 0.266 e. The summed E-state index contributed by atoms with van der Waals surface area (Å²) in [4.78, 5) is 72.4. The topological polar surface area (TPSA) is 232 Å². The molecule has 1 saturated heterocycles. The molecular weight excluding hydrogens is 827 g/mol. The maximum atomic E-state index is 14.3. The molecule has 19 heteroatoms. The molecule has 3 heterocycles. The first-order valence-corrected chi connectivity index (χ1v) is 20.3. The van der Waals surface area contributed by atoms with E-state index in [4.69, 9.17) is 10.5 Å². The number of piperidine rings is 1. The van der Waals surface area contributed by atoms with Crippen LogP contribution in [0, 0.1) is 12.7 Å². The zero-order chi connectivity index (χ0) is 40.6. The van der Waals surface area contributed by atoms with Gasteiger partial charge < -0.3 is 21.1 Å². The molecule has 2 unspecified atom stereocenters. The third kappa shape index (κ3) is 8.21. The number of imide groups is 2. The van der Waals surface area contributed by atoms with Gasteiger partial charge in [-0.15, -0.1) is 0 Å². The van der Waals surface area contributed by atoms with Crippen LogP contribution >= 0.6 is 15.9 Å². The Morgan fingerprint density at radius 2 is 1.79 bits per heavy atom. The average Bonchev–Trinajstić information content (AvgIpc) is 3.25. The molecule has 3 aliphatic rings. The molecule has 7 rings (SSSR count). The van der Waals surface area contributed by atoms with Gasteiger partial charge in [-0.05, 0) is 109 Å². The number of benzene rings is 3. The molecule has 0 bridgehead atoms. The molecule has 0 spiro atoms. The summed E-state index contributed by atoms with van der Waals surface area (Å²) in [6.07, 6.45) is 3.76. The summed E-state index contributed by atoms with van der Waals surface area (Å²) in [7, 11) is -3.96. The Hall–Kier alpha value is -5.79. The fourth-order valence-corrected chi connectivity index (χ4v) is 9.05. The van der Waals surface area contributed by atoms with Crippen LogP contribution in [0.25, 0.3) is 0 Å². The van der Waals surface area contributed by atoms with Crippen LogP contribution in [-0.2, 0) is 19.6 Å². The van der Waals surface area contributed by atoms with E-state index in [2.05, 4.69) is 46.6 Å². The first-order chi connectivity index (χ1) is 27.2. The minimum absolute atomic E-state index is 0.00776. The summed E-state index contributed by atoms with van der Waals surface area (Å²) in [5, 5.41) is 8.11. The fourth-order valence-electron chi connectivity index (χ4n) is 7.23. The molecule has 4 aromatic rings. The monoisotopic (exact) mass is 862 g/mol. The van der Waals surface area contributed by atoms with Gasteiger partial charge in [0.1, 0.15) is 23.4 Å². The maximum absolute atomic E-state index is 14.3. The van der Waals surface area contributed by atoms with Crippen molar-refractivity contribution >= 4 is 78.6 Å². The number of hydrogen-bond donors (Lipinski definition) is 5. The zero-order valence-electron chi connectivity index (χ0n) is 30.3. The second kappa shape index (κ2) is 16.0. The van der Waals surface area contributed by atoms with Crippen molar-refractivity contribution in [2.45, 2.75) is 75.0 Å². The number of ether oxygens (including phenoxy) is 1. The Morgan fingerprint density at radius 1 is 1.00 bits per heavy atom. The van der Waals surface area contributed by atoms with Crippen molar-refractivity contribution in [3.8, 4) is 5.75 Å². The van der Waals surface area contributed by atoms with Crippen LogP contribution in [0.3, 0.4) is 0 Å². The van der Waals surface area contributed by atoms with Gasteiger partial charge in [0.25, 0.3) is 17.7 Å². The molecular formula is C38H36BrFN8O8S. The normalized spacial score (nSPS) is 19.8. The van der Waals surface area contributed by atoms with Crippen LogP contribution in [0.1, 0.15) is 81.6 Å². The molecule has 3 aromatic carbocycles. The van der Waals surface area contributed by atoms with E-state index in [0.717, 1.165) is 11.0 Å². The quantitative estimate of drug-likeness (QED) is 0.102. The highest BCUT2D eigenvalue weighted by atomic mass is 79.9. The third-order valence-corrected chi connectivity index (χ3v) is 12.2. The number of primary amides is 1. The van der Waals surface area contributed by atoms with E-state index in [1.165, 1.54) is 30.5 Å². The van der Waals surface area contributed by atoms with Crippen molar-refractivity contribution < 1.29 is 41.5 Å². The number of nitrogens with zero attached hydrogens (tertiary/aromatic N) is 3. The number of carbonyl (C=O) groups excluding carboxylic acids is 5. The van der Waals surface area contributed by atoms with Crippen LogP contribution in [0.4, 0.5) is 27.5 Å². The molecule has 2 fully saturated rings. The van der Waals surface area contributed by atoms with Crippen molar-refractivity contribution in [1.29, 1.82) is 0 Å². The Kier molecular flexibility index (Phi) is 11.1. The highest BCUT2D eigenvalue weighted by molar-refractivity contribution is 9.10. The molecule has 3 atom stereocenters. The second-order valence-electron chi connectivity index (χ2n) is 13.8. The SMILES string of the molecule is Cc1cc(Nc2ncc(Br)c(Nc3cccc(F)c3C(N)=O)n2)ccc1S(=O)(=O)N[C@@H]1CCCC(Oc2cccc3c2C(=O)N(C2CCC(=O)NC2=O)C3=O)CC1. The lowest BCUT2D eigenvalue weighted by atomic mass is 10.0. The minimum Gasteiger partial charge on any atom is -0.490 e. The lowest BCUT2D eigenvalue weighted by molar-refractivity contribution is -0.136. The van der Waals surface area contributed by atoms with Crippen molar-refractivity contribution in [1.82, 2.24) is 24.9 Å². The van der Waals surface area contributed by atoms with E-state index in [1.54, 1.807) is 31.2 Å². The lowest BCUT2D eigenvalue weighted by Crippen LogP contribution is -2.54. The molecule has 1 saturated carbocycles. The van der Waals surface area contributed by atoms with Gasteiger partial charge in [-0.3, -0.25) is 34.2 Å². The molecule has 1 aromatic heterocycles. The van der Waals surface area contributed by atoms with Gasteiger partial charge in [0.15, 0.2) is 0 Å². The number of halogens is 2. The van der Waals surface area contributed by atoms with Gasteiger partial charge in [-0.2, -0.15) is 4.98 Å². The predicted octanol–water partition coefficient (Wildman–Crippen LogP) is 4.73. The molecule has 0 radical (unpaired) electrons. The van der Waals surface area contributed by atoms with Gasteiger partial charge >= 0.3 is 0 Å². The molecule has 57 heavy (non-hydrogen) atoms. The van der Waals surface area contributed by atoms with Crippen molar-refractivity contribution in [2.24, 2.45) is 5.73 Å². The van der Waals surface area contributed by atoms with Crippen LogP contribution < -0.4 is 31.1 Å². The van der Waals surface area contributed by atoms with Crippen molar-refractivity contribution in [2.75, 3.05) is 10.6 Å². The van der Waals surface area contributed by atoms with Crippen LogP contribution in [0.15, 0.2) is 70.2 Å². The van der Waals surface area contributed by atoms with Gasteiger partial charge in [-0.25, -0.2) is 22.5 Å². The largest absolute Gasteiger partial charge is 0.490 e. The van der Waals surface area contributed by atoms with E-state index in [9.17, 15) is 36.8 Å². The van der Waals surface area contributed by atoms with E-state index < -0.39 is 57.5 Å². The lowest BCUT2D eigenvalue weighted by Gasteiger charge is -2.27. The third-order valence-electron chi connectivity index (χ3n) is 9.94. The van der Waals surface area contributed by atoms with Crippen molar-refractivity contribution in [3.63, 3.8) is 0 Å². The number of carbonyl (C=O) groups is 5. The number of fused-ring (bicyclic) bond motifs is 1. The fraction of sp³-hybridized carbons (Fsp3) is 0.289. The first kappa shape index (κ1) is 39.4. The van der Waals surface area contributed by atoms with Crippen LogP contribution in [0.5, 0.6) is 5.75 Å². The number of aromatic nitrogens is 2. The van der Waals surface area contributed by atoms with E-state index in [0.29, 0.717) is 47.8 Å². The van der Waals surface area contributed by atoms with Crippen LogP contribution in [0.2, 0.25) is 0 Å². The molecule has 2 aliphatic heterocycles. The Labute approximate surface area is 334 Å². The van der Waals surface area contributed by atoms with E-state index >= 15 is 0 Å². The number of nitrogens with one attached hydrogen (secondary N) is 4. The molecule has 6 N–H and O–H groups in total. The molecule has 5 amide bonds. The van der Waals surface area contributed by atoms with E-state index in [-0.39, 0.29) is 63.7 Å². The average molecular weight is 864 g/mol. The Balaban J connectivity index is 0.983. The number of hydrogen-bond acceptors (Lipinski definition) is 12. The number of rotatable bonds is 11. The summed E-state index contributed by atoms with van der Waals surface area (Å²) in [5.41, 5.74) is 6.27. The zero-order valence-corrected chi connectivity index (χ0v) is 32.7. The van der Waals surface area contributed by atoms with Crippen LogP contribution in [-0.4, -0.2) is 71.0 Å². The standard InChI is InChI=1S/C38H36BrFN8O8S/c1-19-17-21(43-38-42-18-24(39)34(46-38)44-26-9-4-8-25(40)32(26)33(41)50)12-15-29(19)57(54,55)47-20-5-2-6-22(13-11-20)56-28-10-3-7-23-31(28)37(53)48(36(23)52)27-14-16-30(49)45-35(27)51/h3-4,7-10,12,15,17-18,20,22,27,47H,2,5-6,11,13-14,16H2,1H3,(H2,41,50)(H,45,49,51)(H2,42,43,44,46)/t20-,22?,27?/m1/s1. The summed E-state index contributed by atoms with van der Waals surface area (Å²) in [6, 6.07) is 11.9. The molecule has 1 aliphatic carbocycles.